The molecule has 29 heavy (non-hydrogen) atoms. The average Bonchev–Trinajstić information content (AvgIpc) is 2.74. The maximum absolute atomic E-state index is 13.2. The molecule has 3 rings (SSSR count). The van der Waals surface area contributed by atoms with Gasteiger partial charge in [-0.15, -0.1) is 0 Å². The molecule has 2 N–H and O–H groups in total. The topological polar surface area (TPSA) is 85.4 Å². The van der Waals surface area contributed by atoms with Gasteiger partial charge in [-0.25, -0.2) is 14.4 Å². The van der Waals surface area contributed by atoms with Gasteiger partial charge in [0.2, 0.25) is 5.95 Å². The van der Waals surface area contributed by atoms with Crippen LogP contribution in [0.15, 0.2) is 54.9 Å². The minimum Gasteiger partial charge on any atom is -0.493 e. The first-order chi connectivity index (χ1) is 14.1. The summed E-state index contributed by atoms with van der Waals surface area (Å²) in [4.78, 5) is 20.5. The molecular formula is C21H21FN4O3. The van der Waals surface area contributed by atoms with Gasteiger partial charge in [-0.3, -0.25) is 4.79 Å². The van der Waals surface area contributed by atoms with Crippen LogP contribution in [-0.2, 0) is 6.42 Å². The Hall–Kier alpha value is -3.68. The van der Waals surface area contributed by atoms with Crippen molar-refractivity contribution >= 4 is 17.5 Å². The molecule has 8 heteroatoms. The van der Waals surface area contributed by atoms with Gasteiger partial charge < -0.3 is 20.1 Å². The Morgan fingerprint density at radius 2 is 1.79 bits per heavy atom. The van der Waals surface area contributed by atoms with Crippen LogP contribution >= 0.6 is 0 Å². The predicted octanol–water partition coefficient (Wildman–Crippen LogP) is 3.35. The summed E-state index contributed by atoms with van der Waals surface area (Å²) in [5.74, 6) is 0.941. The van der Waals surface area contributed by atoms with Crippen molar-refractivity contribution in [3.05, 3.63) is 71.8 Å². The van der Waals surface area contributed by atoms with Gasteiger partial charge >= 0.3 is 0 Å². The predicted molar refractivity (Wildman–Crippen MR) is 107 cm³/mol. The lowest BCUT2D eigenvalue weighted by molar-refractivity contribution is 0.0953. The van der Waals surface area contributed by atoms with Crippen LogP contribution in [0.25, 0.3) is 0 Å². The van der Waals surface area contributed by atoms with E-state index < -0.39 is 0 Å². The van der Waals surface area contributed by atoms with Gasteiger partial charge in [0.25, 0.3) is 5.91 Å². The Balaban J connectivity index is 1.53. The normalized spacial score (nSPS) is 10.3. The van der Waals surface area contributed by atoms with Gasteiger partial charge in [0.1, 0.15) is 5.82 Å². The Morgan fingerprint density at radius 3 is 2.48 bits per heavy atom. The van der Waals surface area contributed by atoms with E-state index in [0.717, 1.165) is 5.56 Å². The summed E-state index contributed by atoms with van der Waals surface area (Å²) in [7, 11) is 3.16. The molecule has 0 atom stereocenters. The van der Waals surface area contributed by atoms with Crippen molar-refractivity contribution in [2.45, 2.75) is 6.42 Å². The van der Waals surface area contributed by atoms with E-state index in [0.29, 0.717) is 35.7 Å². The highest BCUT2D eigenvalue weighted by Gasteiger charge is 2.09. The van der Waals surface area contributed by atoms with Crippen molar-refractivity contribution < 1.29 is 18.7 Å². The number of hydrogen-bond acceptors (Lipinski definition) is 6. The van der Waals surface area contributed by atoms with E-state index in [1.54, 1.807) is 26.4 Å². The summed E-state index contributed by atoms with van der Waals surface area (Å²) in [6.07, 6.45) is 3.47. The molecule has 2 aromatic carbocycles. The van der Waals surface area contributed by atoms with Crippen LogP contribution in [0.1, 0.15) is 15.9 Å². The lowest BCUT2D eigenvalue weighted by Crippen LogP contribution is -2.26. The molecule has 1 amide bonds. The largest absolute Gasteiger partial charge is 0.493 e. The molecule has 0 saturated carbocycles. The number of anilines is 2. The molecule has 0 unspecified atom stereocenters. The van der Waals surface area contributed by atoms with E-state index in [4.69, 9.17) is 9.47 Å². The van der Waals surface area contributed by atoms with Crippen LogP contribution < -0.4 is 20.1 Å². The van der Waals surface area contributed by atoms with Crippen molar-refractivity contribution in [1.82, 2.24) is 15.3 Å². The highest BCUT2D eigenvalue weighted by Crippen LogP contribution is 2.27. The fourth-order valence-corrected chi connectivity index (χ4v) is 2.66. The Morgan fingerprint density at radius 1 is 1.03 bits per heavy atom. The number of rotatable bonds is 8. The van der Waals surface area contributed by atoms with Crippen molar-refractivity contribution in [2.75, 3.05) is 26.1 Å². The Bertz CT molecular complexity index is 980. The number of hydrogen-bond donors (Lipinski definition) is 2. The van der Waals surface area contributed by atoms with Gasteiger partial charge in [-0.2, -0.15) is 0 Å². The summed E-state index contributed by atoms with van der Waals surface area (Å²) < 4.78 is 23.7. The van der Waals surface area contributed by atoms with Crippen LogP contribution in [-0.4, -0.2) is 36.6 Å². The average molecular weight is 396 g/mol. The zero-order valence-electron chi connectivity index (χ0n) is 16.1. The van der Waals surface area contributed by atoms with Crippen molar-refractivity contribution in [2.24, 2.45) is 0 Å². The molecule has 1 heterocycles. The van der Waals surface area contributed by atoms with E-state index >= 15 is 0 Å². The van der Waals surface area contributed by atoms with E-state index in [2.05, 4.69) is 20.6 Å². The van der Waals surface area contributed by atoms with Crippen molar-refractivity contribution in [3.63, 3.8) is 0 Å². The minimum absolute atomic E-state index is 0.275. The second kappa shape index (κ2) is 9.50. The van der Waals surface area contributed by atoms with Crippen LogP contribution in [0.5, 0.6) is 11.5 Å². The van der Waals surface area contributed by atoms with E-state index in [9.17, 15) is 9.18 Å². The van der Waals surface area contributed by atoms with Gasteiger partial charge in [-0.05, 0) is 42.3 Å². The zero-order chi connectivity index (χ0) is 20.6. The molecule has 150 valence electrons. The third-order valence-electron chi connectivity index (χ3n) is 4.14. The van der Waals surface area contributed by atoms with Crippen LogP contribution in [0, 0.1) is 5.82 Å². The van der Waals surface area contributed by atoms with Crippen molar-refractivity contribution in [3.8, 4) is 11.5 Å². The Kier molecular flexibility index (Phi) is 6.57. The van der Waals surface area contributed by atoms with Crippen LogP contribution in [0.4, 0.5) is 16.0 Å². The van der Waals surface area contributed by atoms with Crippen molar-refractivity contribution in [1.29, 1.82) is 0 Å². The van der Waals surface area contributed by atoms with Gasteiger partial charge in [-0.1, -0.05) is 12.1 Å². The third kappa shape index (κ3) is 5.41. The highest BCUT2D eigenvalue weighted by molar-refractivity contribution is 5.93. The molecule has 0 radical (unpaired) electrons. The van der Waals surface area contributed by atoms with Gasteiger partial charge in [0.05, 0.1) is 19.8 Å². The second-order valence-electron chi connectivity index (χ2n) is 6.13. The molecule has 3 aromatic rings. The zero-order valence-corrected chi connectivity index (χ0v) is 16.1. The first-order valence-electron chi connectivity index (χ1n) is 8.93. The first-order valence-corrected chi connectivity index (χ1v) is 8.93. The molecule has 0 spiro atoms. The number of methoxy groups -OCH3 is 2. The standard InChI is InChI=1S/C21H21FN4O3/c1-28-18-7-6-14(10-19(18)29-2)8-9-23-20(27)15-12-24-21(25-13-15)26-17-5-3-4-16(22)11-17/h3-7,10-13H,8-9H2,1-2H3,(H,23,27)(H,24,25,26). The number of halogens is 1. The summed E-state index contributed by atoms with van der Waals surface area (Å²) >= 11 is 0. The summed E-state index contributed by atoms with van der Waals surface area (Å²) in [6, 6.07) is 11.6. The van der Waals surface area contributed by atoms with E-state index in [1.807, 2.05) is 18.2 Å². The number of nitrogens with zero attached hydrogens (tertiary/aromatic N) is 2. The van der Waals surface area contributed by atoms with Crippen LogP contribution in [0.3, 0.4) is 0 Å². The molecule has 0 aliphatic rings. The monoisotopic (exact) mass is 396 g/mol. The molecule has 0 aliphatic carbocycles. The number of benzene rings is 2. The molecule has 0 fully saturated rings. The lowest BCUT2D eigenvalue weighted by Gasteiger charge is -2.10. The quantitative estimate of drug-likeness (QED) is 0.607. The number of carbonyl (C=O) groups is 1. The number of ether oxygens (including phenoxy) is 2. The molecule has 0 saturated heterocycles. The maximum atomic E-state index is 13.2. The lowest BCUT2D eigenvalue weighted by atomic mass is 10.1. The smallest absolute Gasteiger partial charge is 0.254 e. The number of nitrogens with one attached hydrogen (secondary N) is 2. The number of aromatic nitrogens is 2. The van der Waals surface area contributed by atoms with E-state index in [1.165, 1.54) is 24.5 Å². The van der Waals surface area contributed by atoms with E-state index in [-0.39, 0.29) is 17.7 Å². The maximum Gasteiger partial charge on any atom is 0.254 e. The molecule has 0 aliphatic heterocycles. The fraction of sp³-hybridized carbons (Fsp3) is 0.190. The fourth-order valence-electron chi connectivity index (χ4n) is 2.66. The molecule has 7 nitrogen and oxygen atoms in total. The SMILES string of the molecule is COc1ccc(CCNC(=O)c2cnc(Nc3cccc(F)c3)nc2)cc1OC. The third-order valence-corrected chi connectivity index (χ3v) is 4.14. The summed E-state index contributed by atoms with van der Waals surface area (Å²) in [5.41, 5.74) is 1.87. The second-order valence-corrected chi connectivity index (χ2v) is 6.13. The van der Waals surface area contributed by atoms with Gasteiger partial charge in [0, 0.05) is 24.6 Å². The highest BCUT2D eigenvalue weighted by atomic mass is 19.1. The molecule has 0 bridgehead atoms. The minimum atomic E-state index is -0.361. The summed E-state index contributed by atoms with van der Waals surface area (Å²) in [6.45, 7) is 0.442. The molecular weight excluding hydrogens is 375 g/mol. The van der Waals surface area contributed by atoms with Gasteiger partial charge in [0.15, 0.2) is 11.5 Å². The Labute approximate surface area is 167 Å². The number of amides is 1. The summed E-state index contributed by atoms with van der Waals surface area (Å²) in [5, 5.41) is 5.71. The first kappa shape index (κ1) is 20.1. The van der Waals surface area contributed by atoms with Crippen LogP contribution in [0.2, 0.25) is 0 Å². The number of carbonyl (C=O) groups excluding carboxylic acids is 1. The molecule has 1 aromatic heterocycles.